The number of benzene rings is 2. The Labute approximate surface area is 144 Å². The molecule has 0 aliphatic heterocycles. The Morgan fingerprint density at radius 1 is 0.957 bits per heavy atom. The molecule has 120 valence electrons. The highest BCUT2D eigenvalue weighted by Gasteiger charge is 2.08. The van der Waals surface area contributed by atoms with Crippen LogP contribution in [0.25, 0.3) is 0 Å². The van der Waals surface area contributed by atoms with Crippen LogP contribution in [0.4, 0.5) is 5.69 Å². The number of amides is 2. The first-order valence-electron chi connectivity index (χ1n) is 7.15. The van der Waals surface area contributed by atoms with Gasteiger partial charge in [-0.2, -0.15) is 0 Å². The van der Waals surface area contributed by atoms with Crippen molar-refractivity contribution in [2.24, 2.45) is 0 Å². The van der Waals surface area contributed by atoms with Crippen molar-refractivity contribution in [3.8, 4) is 0 Å². The summed E-state index contributed by atoms with van der Waals surface area (Å²) in [6, 6.07) is 14.0. The van der Waals surface area contributed by atoms with E-state index >= 15 is 0 Å². The molecule has 0 unspecified atom stereocenters. The fourth-order valence-corrected chi connectivity index (χ4v) is 2.30. The van der Waals surface area contributed by atoms with E-state index in [0.29, 0.717) is 34.3 Å². The van der Waals surface area contributed by atoms with Gasteiger partial charge in [0.1, 0.15) is 0 Å². The third-order valence-corrected chi connectivity index (χ3v) is 3.95. The van der Waals surface area contributed by atoms with E-state index in [1.807, 2.05) is 6.07 Å². The quantitative estimate of drug-likeness (QED) is 0.769. The van der Waals surface area contributed by atoms with E-state index in [1.165, 1.54) is 0 Å². The van der Waals surface area contributed by atoms with Crippen molar-refractivity contribution in [2.75, 3.05) is 11.9 Å². The van der Waals surface area contributed by atoms with Crippen LogP contribution >= 0.6 is 23.2 Å². The first-order valence-corrected chi connectivity index (χ1v) is 7.90. The lowest BCUT2D eigenvalue weighted by Gasteiger charge is -2.08. The lowest BCUT2D eigenvalue weighted by Crippen LogP contribution is -2.25. The molecule has 0 aliphatic rings. The van der Waals surface area contributed by atoms with Crippen LogP contribution in [0.3, 0.4) is 0 Å². The zero-order valence-electron chi connectivity index (χ0n) is 12.3. The number of anilines is 1. The van der Waals surface area contributed by atoms with Gasteiger partial charge in [-0.05, 0) is 30.7 Å². The molecule has 0 saturated heterocycles. The summed E-state index contributed by atoms with van der Waals surface area (Å²) in [4.78, 5) is 23.7. The zero-order chi connectivity index (χ0) is 16.7. The molecule has 0 aliphatic carbocycles. The topological polar surface area (TPSA) is 58.2 Å². The summed E-state index contributed by atoms with van der Waals surface area (Å²) in [7, 11) is 0. The van der Waals surface area contributed by atoms with Crippen molar-refractivity contribution in [1.29, 1.82) is 0 Å². The Kier molecular flexibility index (Phi) is 6.44. The molecule has 0 bridgehead atoms. The van der Waals surface area contributed by atoms with Crippen molar-refractivity contribution in [3.05, 3.63) is 64.1 Å². The molecule has 6 heteroatoms. The Bertz CT molecular complexity index is 690. The van der Waals surface area contributed by atoms with Gasteiger partial charge < -0.3 is 10.6 Å². The van der Waals surface area contributed by atoms with Crippen LogP contribution in [0, 0.1) is 0 Å². The summed E-state index contributed by atoms with van der Waals surface area (Å²) in [5.41, 5.74) is 1.08. The molecule has 2 amide bonds. The van der Waals surface area contributed by atoms with Gasteiger partial charge in [0.15, 0.2) is 0 Å². The molecule has 2 N–H and O–H groups in total. The fraction of sp³-hybridized carbons (Fsp3) is 0.176. The maximum Gasteiger partial charge on any atom is 0.251 e. The summed E-state index contributed by atoms with van der Waals surface area (Å²) in [5.74, 6) is -0.327. The van der Waals surface area contributed by atoms with Crippen LogP contribution in [0.2, 0.25) is 10.0 Å². The number of carbonyl (C=O) groups is 2. The number of carbonyl (C=O) groups excluding carboxylic acids is 2. The fourth-order valence-electron chi connectivity index (χ4n) is 1.96. The molecule has 0 fully saturated rings. The number of halogens is 2. The Hall–Kier alpha value is -2.04. The number of hydrogen-bond acceptors (Lipinski definition) is 2. The molecule has 0 heterocycles. The molecular formula is C17H16Cl2N2O2. The van der Waals surface area contributed by atoms with E-state index in [2.05, 4.69) is 10.6 Å². The predicted octanol–water partition coefficient (Wildman–Crippen LogP) is 4.14. The molecular weight excluding hydrogens is 335 g/mol. The second-order valence-corrected chi connectivity index (χ2v) is 5.66. The maximum absolute atomic E-state index is 11.9. The lowest BCUT2D eigenvalue weighted by atomic mass is 10.2. The highest BCUT2D eigenvalue weighted by molar-refractivity contribution is 6.43. The molecule has 2 aromatic rings. The molecule has 2 rings (SSSR count). The molecule has 0 aromatic heterocycles. The van der Waals surface area contributed by atoms with Crippen molar-refractivity contribution in [2.45, 2.75) is 12.8 Å². The first kappa shape index (κ1) is 17.3. The van der Waals surface area contributed by atoms with E-state index in [1.54, 1.807) is 42.5 Å². The van der Waals surface area contributed by atoms with Crippen LogP contribution in [-0.4, -0.2) is 18.4 Å². The second-order valence-electron chi connectivity index (χ2n) is 4.88. The van der Waals surface area contributed by atoms with E-state index in [9.17, 15) is 9.59 Å². The van der Waals surface area contributed by atoms with Gasteiger partial charge in [0.25, 0.3) is 5.91 Å². The first-order chi connectivity index (χ1) is 11.1. The zero-order valence-corrected chi connectivity index (χ0v) is 13.8. The van der Waals surface area contributed by atoms with Crippen LogP contribution in [0.5, 0.6) is 0 Å². The van der Waals surface area contributed by atoms with Gasteiger partial charge >= 0.3 is 0 Å². The summed E-state index contributed by atoms with van der Waals surface area (Å²) in [5, 5.41) is 6.18. The van der Waals surface area contributed by atoms with Crippen molar-refractivity contribution >= 4 is 40.7 Å². The predicted molar refractivity (Wildman–Crippen MR) is 93.1 cm³/mol. The Morgan fingerprint density at radius 2 is 1.70 bits per heavy atom. The summed E-state index contributed by atoms with van der Waals surface area (Å²) in [6.45, 7) is 0.421. The normalized spacial score (nSPS) is 10.2. The van der Waals surface area contributed by atoms with Crippen LogP contribution in [-0.2, 0) is 4.79 Å². The van der Waals surface area contributed by atoms with Crippen molar-refractivity contribution in [1.82, 2.24) is 5.32 Å². The standard InChI is InChI=1S/C17H16Cl2N2O2/c18-13-8-4-9-14(16(13)19)21-15(22)10-5-11-20-17(23)12-6-2-1-3-7-12/h1-4,6-9H,5,10-11H2,(H,20,23)(H,21,22). The van der Waals surface area contributed by atoms with Gasteiger partial charge in [-0.15, -0.1) is 0 Å². The lowest BCUT2D eigenvalue weighted by molar-refractivity contribution is -0.116. The van der Waals surface area contributed by atoms with Gasteiger partial charge in [-0.25, -0.2) is 0 Å². The molecule has 2 aromatic carbocycles. The second kappa shape index (κ2) is 8.56. The average Bonchev–Trinajstić information content (AvgIpc) is 2.56. The van der Waals surface area contributed by atoms with Crippen LogP contribution < -0.4 is 10.6 Å². The third-order valence-electron chi connectivity index (χ3n) is 3.13. The molecule has 0 saturated carbocycles. The van der Waals surface area contributed by atoms with Gasteiger partial charge in [0.05, 0.1) is 15.7 Å². The number of hydrogen-bond donors (Lipinski definition) is 2. The van der Waals surface area contributed by atoms with Gasteiger partial charge in [-0.3, -0.25) is 9.59 Å². The molecule has 0 atom stereocenters. The molecule has 0 spiro atoms. The number of nitrogens with one attached hydrogen (secondary N) is 2. The van der Waals surface area contributed by atoms with Gasteiger partial charge in [0, 0.05) is 18.5 Å². The monoisotopic (exact) mass is 350 g/mol. The van der Waals surface area contributed by atoms with Crippen molar-refractivity contribution in [3.63, 3.8) is 0 Å². The molecule has 23 heavy (non-hydrogen) atoms. The SMILES string of the molecule is O=C(CCCNC(=O)c1ccccc1)Nc1cccc(Cl)c1Cl. The van der Waals surface area contributed by atoms with Crippen LogP contribution in [0.15, 0.2) is 48.5 Å². The minimum absolute atomic E-state index is 0.149. The van der Waals surface area contributed by atoms with Gasteiger partial charge in [-0.1, -0.05) is 47.5 Å². The summed E-state index contributed by atoms with van der Waals surface area (Å²) >= 11 is 11.9. The van der Waals surface area contributed by atoms with E-state index in [-0.39, 0.29) is 18.2 Å². The summed E-state index contributed by atoms with van der Waals surface area (Å²) in [6.07, 6.45) is 0.806. The smallest absolute Gasteiger partial charge is 0.251 e. The average molecular weight is 351 g/mol. The van der Waals surface area contributed by atoms with Gasteiger partial charge in [0.2, 0.25) is 5.91 Å². The molecule has 0 radical (unpaired) electrons. The minimum Gasteiger partial charge on any atom is -0.352 e. The number of rotatable bonds is 6. The Morgan fingerprint density at radius 3 is 2.43 bits per heavy atom. The van der Waals surface area contributed by atoms with E-state index < -0.39 is 0 Å². The van der Waals surface area contributed by atoms with Crippen LogP contribution in [0.1, 0.15) is 23.2 Å². The Balaban J connectivity index is 1.73. The third kappa shape index (κ3) is 5.27. The van der Waals surface area contributed by atoms with Crippen molar-refractivity contribution < 1.29 is 9.59 Å². The minimum atomic E-state index is -0.178. The molecule has 4 nitrogen and oxygen atoms in total. The highest BCUT2D eigenvalue weighted by atomic mass is 35.5. The highest BCUT2D eigenvalue weighted by Crippen LogP contribution is 2.29. The maximum atomic E-state index is 11.9. The summed E-state index contributed by atoms with van der Waals surface area (Å²) < 4.78 is 0. The van der Waals surface area contributed by atoms with E-state index in [0.717, 1.165) is 0 Å². The van der Waals surface area contributed by atoms with E-state index in [4.69, 9.17) is 23.2 Å². The largest absolute Gasteiger partial charge is 0.352 e.